The number of hydrogen-bond donors (Lipinski definition) is 0. The second kappa shape index (κ2) is 14.2. The van der Waals surface area contributed by atoms with Crippen LogP contribution < -0.4 is 10.9 Å². The number of furan rings is 1. The van der Waals surface area contributed by atoms with Gasteiger partial charge in [-0.25, -0.2) is 4.98 Å². The van der Waals surface area contributed by atoms with E-state index in [2.05, 4.69) is 163 Å². The Morgan fingerprint density at radius 3 is 1.55 bits per heavy atom. The number of imidazole rings is 1. The van der Waals surface area contributed by atoms with Crippen molar-refractivity contribution in [2.75, 3.05) is 0 Å². The second-order valence-electron chi connectivity index (χ2n) is 20.7. The van der Waals surface area contributed by atoms with Crippen molar-refractivity contribution in [3.05, 3.63) is 170 Å². The number of fused-ring (bicyclic) bond motifs is 8. The lowest BCUT2D eigenvalue weighted by atomic mass is 9.85. The van der Waals surface area contributed by atoms with E-state index in [0.717, 1.165) is 77.8 Å². The van der Waals surface area contributed by atoms with Crippen molar-refractivity contribution in [1.29, 1.82) is 0 Å². The average Bonchev–Trinajstić information content (AvgIpc) is 3.86. The molecule has 322 valence electrons. The number of hydrogen-bond acceptors (Lipinski definition) is 4. The zero-order chi connectivity index (χ0) is 45.4. The molecule has 4 heterocycles. The van der Waals surface area contributed by atoms with Gasteiger partial charge in [0.2, 0.25) is 0 Å². The van der Waals surface area contributed by atoms with Crippen molar-refractivity contribution >= 4 is 71.1 Å². The van der Waals surface area contributed by atoms with Crippen molar-refractivity contribution < 1.29 is 4.42 Å². The van der Waals surface area contributed by atoms with Gasteiger partial charge in [-0.05, 0) is 105 Å². The van der Waals surface area contributed by atoms with Gasteiger partial charge in [-0.2, -0.15) is 0 Å². The van der Waals surface area contributed by atoms with Crippen LogP contribution in [0.4, 0.5) is 0 Å². The van der Waals surface area contributed by atoms with E-state index in [1.807, 2.05) is 42.5 Å². The first-order valence-corrected chi connectivity index (χ1v) is 22.9. The minimum absolute atomic E-state index is 0.0987. The van der Waals surface area contributed by atoms with E-state index < -0.39 is 0 Å². The van der Waals surface area contributed by atoms with E-state index in [1.165, 1.54) is 11.1 Å². The summed E-state index contributed by atoms with van der Waals surface area (Å²) in [5, 5.41) is 4.14. The number of aromatic nitrogens is 3. The van der Waals surface area contributed by atoms with Gasteiger partial charge in [0, 0.05) is 37.9 Å². The Balaban J connectivity index is 1.21. The third-order valence-corrected chi connectivity index (χ3v) is 13.7. The molecular weight excluding hydrogens is 799 g/mol. The predicted molar refractivity (Wildman–Crippen MR) is 272 cm³/mol. The zero-order valence-corrected chi connectivity index (χ0v) is 38.8. The maximum absolute atomic E-state index is 14.9. The van der Waals surface area contributed by atoms with Crippen molar-refractivity contribution in [3.63, 3.8) is 0 Å². The molecule has 0 saturated carbocycles. The molecule has 11 aromatic rings. The minimum atomic E-state index is -0.153. The van der Waals surface area contributed by atoms with Gasteiger partial charge in [-0.15, -0.1) is 0 Å². The van der Waals surface area contributed by atoms with E-state index in [1.54, 1.807) is 0 Å². The highest BCUT2D eigenvalue weighted by Gasteiger charge is 2.27. The maximum Gasteiger partial charge on any atom is 0.197 e. The van der Waals surface area contributed by atoms with Crippen molar-refractivity contribution in [2.45, 2.75) is 91.9 Å². The number of rotatable bonds is 5. The number of para-hydroxylation sites is 5. The zero-order valence-electron chi connectivity index (χ0n) is 38.8. The summed E-state index contributed by atoms with van der Waals surface area (Å²) in [5.74, 6) is 1.36. The quantitative estimate of drug-likeness (QED) is 0.128. The third-order valence-electron chi connectivity index (χ3n) is 13.7. The fraction of sp³-hybridized carbons (Fsp3) is 0.237. The molecule has 0 aliphatic heterocycles. The van der Waals surface area contributed by atoms with Crippen molar-refractivity contribution in [1.82, 2.24) is 14.0 Å². The Bertz CT molecular complexity index is 3760. The molecule has 0 aliphatic rings. The molecule has 0 fully saturated rings. The van der Waals surface area contributed by atoms with Gasteiger partial charge in [-0.3, -0.25) is 14.2 Å². The molecule has 6 heteroatoms. The second-order valence-corrected chi connectivity index (χ2v) is 20.7. The third kappa shape index (κ3) is 6.10. The Morgan fingerprint density at radius 1 is 0.508 bits per heavy atom. The van der Waals surface area contributed by atoms with Gasteiger partial charge in [0.1, 0.15) is 17.0 Å². The highest BCUT2D eigenvalue weighted by Crippen LogP contribution is 2.44. The monoisotopic (exact) mass is 851 g/mol. The Labute approximate surface area is 378 Å². The van der Waals surface area contributed by atoms with Crippen LogP contribution in [0.3, 0.4) is 0 Å². The molecule has 7 aromatic carbocycles. The lowest BCUT2D eigenvalue weighted by Gasteiger charge is -2.23. The van der Waals surface area contributed by atoms with Gasteiger partial charge in [0.25, 0.3) is 0 Å². The van der Waals surface area contributed by atoms with Crippen molar-refractivity contribution in [3.8, 4) is 28.2 Å². The van der Waals surface area contributed by atoms with Crippen molar-refractivity contribution in [2.24, 2.45) is 0 Å². The lowest BCUT2D eigenvalue weighted by Crippen LogP contribution is -2.17. The summed E-state index contributed by atoms with van der Waals surface area (Å²) in [5.41, 5.74) is 13.4. The summed E-state index contributed by atoms with van der Waals surface area (Å²) in [7, 11) is 0. The molecule has 0 N–H and O–H groups in total. The molecule has 4 aromatic heterocycles. The summed E-state index contributed by atoms with van der Waals surface area (Å²) in [6.45, 7) is 22.1. The highest BCUT2D eigenvalue weighted by atomic mass is 16.3. The van der Waals surface area contributed by atoms with Gasteiger partial charge >= 0.3 is 0 Å². The molecule has 0 amide bonds. The van der Waals surface area contributed by atoms with Gasteiger partial charge in [0.05, 0.1) is 38.8 Å². The molecular formula is C59H53N3O3. The van der Waals surface area contributed by atoms with Crippen LogP contribution in [0, 0.1) is 0 Å². The van der Waals surface area contributed by atoms with Crippen LogP contribution in [0.2, 0.25) is 0 Å². The predicted octanol–water partition coefficient (Wildman–Crippen LogP) is 15.0. The van der Waals surface area contributed by atoms with E-state index in [0.29, 0.717) is 32.6 Å². The number of pyridine rings is 2. The maximum atomic E-state index is 14.9. The van der Waals surface area contributed by atoms with E-state index in [4.69, 9.17) is 9.40 Å². The highest BCUT2D eigenvalue weighted by molar-refractivity contribution is 6.15. The SMILES string of the molecule is CC(C)c1cccc(C(C)C)c1-n1c(-c2cccc3c2oc2c(-c4cc5c(=O)c6ccc(C(C)(C)C)cc6n6c7cc(C(C)(C)C)ccc7c(=O)c(c4)c56)cccc23)nc2ccccc21. The van der Waals surface area contributed by atoms with Crippen LogP contribution in [0.25, 0.3) is 99.3 Å². The van der Waals surface area contributed by atoms with Crippen LogP contribution in [-0.2, 0) is 10.8 Å². The van der Waals surface area contributed by atoms with E-state index >= 15 is 0 Å². The number of benzene rings is 7. The first-order valence-electron chi connectivity index (χ1n) is 22.9. The fourth-order valence-corrected chi connectivity index (χ4v) is 10.2. The smallest absolute Gasteiger partial charge is 0.197 e. The van der Waals surface area contributed by atoms with E-state index in [9.17, 15) is 9.59 Å². The molecule has 0 spiro atoms. The molecule has 11 rings (SSSR count). The minimum Gasteiger partial charge on any atom is -0.455 e. The molecule has 0 unspecified atom stereocenters. The molecule has 0 saturated heterocycles. The standard InChI is InChI=1S/C59H53N3O3/c1-32(2)37-16-13-17-38(33(3)4)51(37)62-48-23-12-11-22-47(48)60-57(62)44-21-15-20-41-40-19-14-18-39(55(40)65-56(41)44)34-28-45-52-46(29-34)54(64)43-27-25-36(59(8,9)10)31-50(43)61(52)49-30-35(58(5,6)7)24-26-42(49)53(45)63/h11-33H,1-10H3. The molecule has 65 heavy (non-hydrogen) atoms. The largest absolute Gasteiger partial charge is 0.455 e. The van der Waals surface area contributed by atoms with Crippen LogP contribution in [-0.4, -0.2) is 14.0 Å². The fourth-order valence-electron chi connectivity index (χ4n) is 10.2. The summed E-state index contributed by atoms with van der Waals surface area (Å²) in [4.78, 5) is 35.2. The van der Waals surface area contributed by atoms with Gasteiger partial charge in [0.15, 0.2) is 10.9 Å². The normalized spacial score (nSPS) is 12.9. The topological polar surface area (TPSA) is 69.5 Å². The Hall–Kier alpha value is -7.05. The molecule has 0 bridgehead atoms. The van der Waals surface area contributed by atoms with Crippen LogP contribution >= 0.6 is 0 Å². The molecule has 0 atom stereocenters. The molecule has 0 aliphatic carbocycles. The number of nitrogens with zero attached hydrogens (tertiary/aromatic N) is 3. The summed E-state index contributed by atoms with van der Waals surface area (Å²) < 4.78 is 11.7. The van der Waals surface area contributed by atoms with E-state index in [-0.39, 0.29) is 33.5 Å². The first kappa shape index (κ1) is 40.7. The molecule has 0 radical (unpaired) electrons. The summed E-state index contributed by atoms with van der Waals surface area (Å²) in [6.07, 6.45) is 0. The van der Waals surface area contributed by atoms with Gasteiger partial charge in [-0.1, -0.05) is 142 Å². The molecule has 6 nitrogen and oxygen atoms in total. The van der Waals surface area contributed by atoms with Gasteiger partial charge < -0.3 is 8.82 Å². The van der Waals surface area contributed by atoms with Crippen LogP contribution in [0.15, 0.2) is 141 Å². The average molecular weight is 852 g/mol. The summed E-state index contributed by atoms with van der Waals surface area (Å²) >= 11 is 0. The van der Waals surface area contributed by atoms with Crippen LogP contribution in [0.1, 0.15) is 103 Å². The first-order chi connectivity index (χ1) is 31.0. The Kier molecular flexibility index (Phi) is 8.91. The Morgan fingerprint density at radius 2 is 1.02 bits per heavy atom. The van der Waals surface area contributed by atoms with Crippen LogP contribution in [0.5, 0.6) is 0 Å². The lowest BCUT2D eigenvalue weighted by molar-refractivity contribution is 0.591. The summed E-state index contributed by atoms with van der Waals surface area (Å²) in [6, 6.07) is 43.8.